The fourth-order valence-electron chi connectivity index (χ4n) is 2.81. The molecule has 1 fully saturated rings. The van der Waals surface area contributed by atoms with E-state index in [2.05, 4.69) is 39.0 Å². The number of aliphatic hydroxyl groups is 1. The minimum atomic E-state index is -0.615. The summed E-state index contributed by atoms with van der Waals surface area (Å²) >= 11 is 0. The number of hydrogen-bond donors (Lipinski definition) is 1. The molecule has 0 aromatic heterocycles. The average Bonchev–Trinajstić information content (AvgIpc) is 2.37. The summed E-state index contributed by atoms with van der Waals surface area (Å²) in [7, 11) is 0. The van der Waals surface area contributed by atoms with E-state index >= 15 is 0 Å². The molecule has 1 aliphatic rings. The van der Waals surface area contributed by atoms with E-state index in [0.29, 0.717) is 12.5 Å². The van der Waals surface area contributed by atoms with Gasteiger partial charge in [-0.05, 0) is 42.9 Å². The highest BCUT2D eigenvalue weighted by atomic mass is 16.5. The summed E-state index contributed by atoms with van der Waals surface area (Å²) < 4.78 is 5.97. The number of benzene rings is 1. The average molecular weight is 262 g/mol. The van der Waals surface area contributed by atoms with Crippen LogP contribution in [-0.2, 0) is 0 Å². The summed E-state index contributed by atoms with van der Waals surface area (Å²) in [6.45, 7) is 6.85. The van der Waals surface area contributed by atoms with Gasteiger partial charge in [-0.1, -0.05) is 45.2 Å². The van der Waals surface area contributed by atoms with E-state index in [1.807, 2.05) is 0 Å². The molecule has 1 aromatic carbocycles. The molecule has 1 aliphatic carbocycles. The predicted molar refractivity (Wildman–Crippen MR) is 78.8 cm³/mol. The van der Waals surface area contributed by atoms with Gasteiger partial charge in [-0.25, -0.2) is 0 Å². The number of aryl methyl sites for hydroxylation is 1. The fraction of sp³-hybridized carbons (Fsp3) is 0.647. The third-order valence-corrected chi connectivity index (χ3v) is 4.07. The van der Waals surface area contributed by atoms with Crippen LogP contribution >= 0.6 is 0 Å². The largest absolute Gasteiger partial charge is 0.490 e. The van der Waals surface area contributed by atoms with Gasteiger partial charge >= 0.3 is 0 Å². The maximum atomic E-state index is 10.5. The van der Waals surface area contributed by atoms with Gasteiger partial charge in [-0.15, -0.1) is 0 Å². The molecule has 1 N–H and O–H groups in total. The van der Waals surface area contributed by atoms with Crippen molar-refractivity contribution in [1.82, 2.24) is 0 Å². The maximum absolute atomic E-state index is 10.5. The molecule has 106 valence electrons. The standard InChI is InChI=1S/C17H26O2/c1-13(2)15-8-7-14(3)11-16(15)19-12-17(18)9-5-4-6-10-17/h7-8,11,13,18H,4-6,9-10,12H2,1-3H3. The lowest BCUT2D eigenvalue weighted by Gasteiger charge is -2.32. The highest BCUT2D eigenvalue weighted by Crippen LogP contribution is 2.32. The smallest absolute Gasteiger partial charge is 0.123 e. The summed E-state index contributed by atoms with van der Waals surface area (Å²) in [5.41, 5.74) is 1.82. The van der Waals surface area contributed by atoms with Crippen molar-refractivity contribution in [2.45, 2.75) is 64.4 Å². The zero-order valence-corrected chi connectivity index (χ0v) is 12.4. The lowest BCUT2D eigenvalue weighted by Crippen LogP contribution is -2.38. The molecule has 0 radical (unpaired) electrons. The Kier molecular flexibility index (Phi) is 4.51. The molecular weight excluding hydrogens is 236 g/mol. The molecule has 2 heteroatoms. The topological polar surface area (TPSA) is 29.5 Å². The Morgan fingerprint density at radius 3 is 2.53 bits per heavy atom. The van der Waals surface area contributed by atoms with Crippen LogP contribution in [0.4, 0.5) is 0 Å². The van der Waals surface area contributed by atoms with Crippen LogP contribution in [0, 0.1) is 6.92 Å². The van der Waals surface area contributed by atoms with Crippen molar-refractivity contribution in [2.75, 3.05) is 6.61 Å². The number of hydrogen-bond acceptors (Lipinski definition) is 2. The Morgan fingerprint density at radius 1 is 1.21 bits per heavy atom. The van der Waals surface area contributed by atoms with Crippen molar-refractivity contribution in [2.24, 2.45) is 0 Å². The Hall–Kier alpha value is -1.02. The molecule has 1 aromatic rings. The van der Waals surface area contributed by atoms with Gasteiger partial charge in [0.15, 0.2) is 0 Å². The zero-order valence-electron chi connectivity index (χ0n) is 12.4. The van der Waals surface area contributed by atoms with Crippen LogP contribution in [0.15, 0.2) is 18.2 Å². The van der Waals surface area contributed by atoms with Crippen molar-refractivity contribution in [3.63, 3.8) is 0 Å². The Morgan fingerprint density at radius 2 is 1.89 bits per heavy atom. The maximum Gasteiger partial charge on any atom is 0.123 e. The van der Waals surface area contributed by atoms with Gasteiger partial charge in [0.25, 0.3) is 0 Å². The van der Waals surface area contributed by atoms with E-state index in [0.717, 1.165) is 31.4 Å². The Labute approximate surface area is 116 Å². The number of ether oxygens (including phenoxy) is 1. The first-order valence-corrected chi connectivity index (χ1v) is 7.46. The Balaban J connectivity index is 2.07. The SMILES string of the molecule is Cc1ccc(C(C)C)c(OCC2(O)CCCCC2)c1. The van der Waals surface area contributed by atoms with E-state index < -0.39 is 5.60 Å². The second kappa shape index (κ2) is 5.96. The molecule has 1 saturated carbocycles. The van der Waals surface area contributed by atoms with Crippen molar-refractivity contribution >= 4 is 0 Å². The third-order valence-electron chi connectivity index (χ3n) is 4.07. The van der Waals surface area contributed by atoms with Crippen molar-refractivity contribution in [1.29, 1.82) is 0 Å². The van der Waals surface area contributed by atoms with Crippen molar-refractivity contribution in [3.05, 3.63) is 29.3 Å². The van der Waals surface area contributed by atoms with Crippen LogP contribution in [0.5, 0.6) is 5.75 Å². The highest BCUT2D eigenvalue weighted by molar-refractivity contribution is 5.39. The van der Waals surface area contributed by atoms with Gasteiger partial charge in [0.1, 0.15) is 12.4 Å². The summed E-state index contributed by atoms with van der Waals surface area (Å²) in [5.74, 6) is 1.38. The van der Waals surface area contributed by atoms with E-state index in [1.165, 1.54) is 17.5 Å². The van der Waals surface area contributed by atoms with Crippen LogP contribution < -0.4 is 4.74 Å². The summed E-state index contributed by atoms with van der Waals surface area (Å²) in [6.07, 6.45) is 5.21. The van der Waals surface area contributed by atoms with Crippen molar-refractivity contribution < 1.29 is 9.84 Å². The van der Waals surface area contributed by atoms with E-state index in [4.69, 9.17) is 4.74 Å². The molecular formula is C17H26O2. The molecule has 0 spiro atoms. The first kappa shape index (κ1) is 14.4. The zero-order chi connectivity index (χ0) is 13.9. The predicted octanol–water partition coefficient (Wildman–Crippen LogP) is 4.19. The number of rotatable bonds is 4. The highest BCUT2D eigenvalue weighted by Gasteiger charge is 2.30. The lowest BCUT2D eigenvalue weighted by atomic mass is 9.85. The summed E-state index contributed by atoms with van der Waals surface area (Å²) in [4.78, 5) is 0. The minimum absolute atomic E-state index is 0.427. The third kappa shape index (κ3) is 3.73. The minimum Gasteiger partial charge on any atom is -0.490 e. The normalized spacial score (nSPS) is 18.6. The van der Waals surface area contributed by atoms with Gasteiger partial charge < -0.3 is 9.84 Å². The first-order valence-electron chi connectivity index (χ1n) is 7.46. The second-order valence-corrected chi connectivity index (χ2v) is 6.27. The molecule has 0 saturated heterocycles. The fourth-order valence-corrected chi connectivity index (χ4v) is 2.81. The van der Waals surface area contributed by atoms with E-state index in [9.17, 15) is 5.11 Å². The van der Waals surface area contributed by atoms with E-state index in [-0.39, 0.29) is 0 Å². The van der Waals surface area contributed by atoms with Gasteiger partial charge in [-0.2, -0.15) is 0 Å². The first-order chi connectivity index (χ1) is 9.00. The van der Waals surface area contributed by atoms with Crippen LogP contribution in [0.3, 0.4) is 0 Å². The monoisotopic (exact) mass is 262 g/mol. The van der Waals surface area contributed by atoms with Crippen LogP contribution in [0.2, 0.25) is 0 Å². The van der Waals surface area contributed by atoms with Gasteiger partial charge in [0.2, 0.25) is 0 Å². The van der Waals surface area contributed by atoms with Gasteiger partial charge in [0, 0.05) is 0 Å². The van der Waals surface area contributed by atoms with E-state index in [1.54, 1.807) is 0 Å². The quantitative estimate of drug-likeness (QED) is 0.881. The van der Waals surface area contributed by atoms with Gasteiger partial charge in [-0.3, -0.25) is 0 Å². The lowest BCUT2D eigenvalue weighted by molar-refractivity contribution is -0.0341. The Bertz CT molecular complexity index is 417. The van der Waals surface area contributed by atoms with Gasteiger partial charge in [0.05, 0.1) is 5.60 Å². The molecule has 0 atom stereocenters. The molecule has 2 rings (SSSR count). The summed E-state index contributed by atoms with van der Waals surface area (Å²) in [6, 6.07) is 6.35. The van der Waals surface area contributed by atoms with Crippen LogP contribution in [0.1, 0.15) is 63.0 Å². The molecule has 0 bridgehead atoms. The molecule has 19 heavy (non-hydrogen) atoms. The molecule has 0 heterocycles. The molecule has 2 nitrogen and oxygen atoms in total. The summed E-state index contributed by atoms with van der Waals surface area (Å²) in [5, 5.41) is 10.5. The van der Waals surface area contributed by atoms with Crippen LogP contribution in [-0.4, -0.2) is 17.3 Å². The molecule has 0 unspecified atom stereocenters. The second-order valence-electron chi connectivity index (χ2n) is 6.27. The molecule has 0 amide bonds. The van der Waals surface area contributed by atoms with Crippen molar-refractivity contribution in [3.8, 4) is 5.75 Å². The van der Waals surface area contributed by atoms with Crippen LogP contribution in [0.25, 0.3) is 0 Å². The molecule has 0 aliphatic heterocycles.